The molecular formula is C16H14O4. The van der Waals surface area contributed by atoms with Crippen LogP contribution in [-0.4, -0.2) is 23.8 Å². The van der Waals surface area contributed by atoms with Crippen molar-refractivity contribution in [3.05, 3.63) is 65.7 Å². The Hall–Kier alpha value is -2.17. The van der Waals surface area contributed by atoms with Crippen molar-refractivity contribution in [2.45, 2.75) is 11.9 Å². The lowest BCUT2D eigenvalue weighted by atomic mass is 9.90. The highest BCUT2D eigenvalue weighted by Crippen LogP contribution is 2.41. The van der Waals surface area contributed by atoms with E-state index in [0.717, 1.165) is 0 Å². The van der Waals surface area contributed by atoms with Gasteiger partial charge in [0.2, 0.25) is 5.78 Å². The molecule has 0 saturated carbocycles. The van der Waals surface area contributed by atoms with Crippen molar-refractivity contribution in [3.8, 4) is 5.75 Å². The van der Waals surface area contributed by atoms with E-state index in [-0.39, 0.29) is 0 Å². The standard InChI is InChI=1S/C16H14O4/c1-19-16(18)14(17)12-9-5-6-10-13(12)20-15(16)11-7-3-2-4-8-11/h2-10,15,18H,1H3/t15-,16+/m1/s1. The summed E-state index contributed by atoms with van der Waals surface area (Å²) in [5.74, 6) is -2.06. The molecule has 2 aromatic rings. The molecule has 0 amide bonds. The minimum absolute atomic E-state index is 0.323. The third kappa shape index (κ3) is 1.81. The molecule has 1 N–H and O–H groups in total. The van der Waals surface area contributed by atoms with Crippen LogP contribution in [-0.2, 0) is 4.74 Å². The van der Waals surface area contributed by atoms with Crippen molar-refractivity contribution < 1.29 is 19.4 Å². The van der Waals surface area contributed by atoms with Crippen LogP contribution in [0.5, 0.6) is 5.75 Å². The van der Waals surface area contributed by atoms with E-state index in [9.17, 15) is 9.90 Å². The molecule has 2 atom stereocenters. The number of ether oxygens (including phenoxy) is 2. The molecule has 0 saturated heterocycles. The first-order valence-corrected chi connectivity index (χ1v) is 6.30. The van der Waals surface area contributed by atoms with Gasteiger partial charge in [0.15, 0.2) is 6.10 Å². The smallest absolute Gasteiger partial charge is 0.273 e. The summed E-state index contributed by atoms with van der Waals surface area (Å²) >= 11 is 0. The number of methoxy groups -OCH3 is 1. The number of fused-ring (bicyclic) bond motifs is 1. The third-order valence-corrected chi connectivity index (χ3v) is 3.47. The molecule has 0 aromatic heterocycles. The predicted octanol–water partition coefficient (Wildman–Crippen LogP) is 2.34. The lowest BCUT2D eigenvalue weighted by Gasteiger charge is -2.38. The number of ketones is 1. The van der Waals surface area contributed by atoms with Crippen LogP contribution in [0.15, 0.2) is 54.6 Å². The molecule has 4 heteroatoms. The monoisotopic (exact) mass is 270 g/mol. The topological polar surface area (TPSA) is 55.8 Å². The number of carbonyl (C=O) groups is 1. The lowest BCUT2D eigenvalue weighted by molar-refractivity contribution is -0.205. The number of hydrogen-bond acceptors (Lipinski definition) is 4. The molecule has 102 valence electrons. The molecule has 0 fully saturated rings. The second-order valence-corrected chi connectivity index (χ2v) is 4.63. The van der Waals surface area contributed by atoms with Gasteiger partial charge in [0.25, 0.3) is 5.79 Å². The largest absolute Gasteiger partial charge is 0.479 e. The van der Waals surface area contributed by atoms with Crippen molar-refractivity contribution in [1.82, 2.24) is 0 Å². The zero-order chi connectivity index (χ0) is 14.2. The maximum absolute atomic E-state index is 12.5. The molecule has 0 aliphatic carbocycles. The van der Waals surface area contributed by atoms with Gasteiger partial charge in [-0.15, -0.1) is 0 Å². The van der Waals surface area contributed by atoms with Gasteiger partial charge in [-0.2, -0.15) is 0 Å². The maximum atomic E-state index is 12.5. The number of aliphatic hydroxyl groups is 1. The Labute approximate surface area is 116 Å². The van der Waals surface area contributed by atoms with Crippen LogP contribution in [0.1, 0.15) is 22.0 Å². The van der Waals surface area contributed by atoms with Crippen molar-refractivity contribution in [1.29, 1.82) is 0 Å². The van der Waals surface area contributed by atoms with Gasteiger partial charge in [-0.3, -0.25) is 4.79 Å². The zero-order valence-electron chi connectivity index (χ0n) is 10.9. The zero-order valence-corrected chi connectivity index (χ0v) is 10.9. The van der Waals surface area contributed by atoms with E-state index in [2.05, 4.69) is 0 Å². The minimum atomic E-state index is -2.02. The number of rotatable bonds is 2. The SMILES string of the molecule is CO[C@@]1(O)C(=O)c2ccccc2O[C@@H]1c1ccccc1. The number of carbonyl (C=O) groups excluding carboxylic acids is 1. The van der Waals surface area contributed by atoms with Crippen LogP contribution < -0.4 is 4.74 Å². The molecule has 1 heterocycles. The Morgan fingerprint density at radius 1 is 1.10 bits per heavy atom. The highest BCUT2D eigenvalue weighted by Gasteiger charge is 2.51. The molecule has 0 bridgehead atoms. The molecule has 20 heavy (non-hydrogen) atoms. The molecule has 3 rings (SSSR count). The van der Waals surface area contributed by atoms with Crippen LogP contribution in [0.2, 0.25) is 0 Å². The van der Waals surface area contributed by atoms with Gasteiger partial charge in [-0.1, -0.05) is 42.5 Å². The summed E-state index contributed by atoms with van der Waals surface area (Å²) in [7, 11) is 1.30. The van der Waals surface area contributed by atoms with E-state index in [4.69, 9.17) is 9.47 Å². The van der Waals surface area contributed by atoms with Gasteiger partial charge in [-0.25, -0.2) is 0 Å². The fourth-order valence-electron chi connectivity index (χ4n) is 2.40. The van der Waals surface area contributed by atoms with Crippen LogP contribution in [0.4, 0.5) is 0 Å². The summed E-state index contributed by atoms with van der Waals surface area (Å²) < 4.78 is 10.9. The average molecular weight is 270 g/mol. The number of Topliss-reactive ketones (excluding diaryl/α,β-unsaturated/α-hetero) is 1. The van der Waals surface area contributed by atoms with Gasteiger partial charge >= 0.3 is 0 Å². The predicted molar refractivity (Wildman–Crippen MR) is 72.5 cm³/mol. The van der Waals surface area contributed by atoms with Gasteiger partial charge < -0.3 is 14.6 Å². The van der Waals surface area contributed by atoms with Crippen molar-refractivity contribution in [3.63, 3.8) is 0 Å². The Morgan fingerprint density at radius 2 is 1.75 bits per heavy atom. The van der Waals surface area contributed by atoms with Crippen molar-refractivity contribution in [2.24, 2.45) is 0 Å². The molecule has 0 spiro atoms. The van der Waals surface area contributed by atoms with Crippen LogP contribution in [0, 0.1) is 0 Å². The Morgan fingerprint density at radius 3 is 2.45 bits per heavy atom. The summed E-state index contributed by atoms with van der Waals surface area (Å²) in [4.78, 5) is 12.5. The first-order valence-electron chi connectivity index (χ1n) is 6.30. The van der Waals surface area contributed by atoms with Gasteiger partial charge in [-0.05, 0) is 17.7 Å². The van der Waals surface area contributed by atoms with Crippen molar-refractivity contribution in [2.75, 3.05) is 7.11 Å². The molecular weight excluding hydrogens is 256 g/mol. The van der Waals surface area contributed by atoms with Crippen LogP contribution in [0.25, 0.3) is 0 Å². The highest BCUT2D eigenvalue weighted by atomic mass is 16.7. The fourth-order valence-corrected chi connectivity index (χ4v) is 2.40. The normalized spacial score (nSPS) is 24.9. The van der Waals surface area contributed by atoms with E-state index in [1.807, 2.05) is 18.2 Å². The summed E-state index contributed by atoms with van der Waals surface area (Å²) in [6.45, 7) is 0. The average Bonchev–Trinajstić information content (AvgIpc) is 2.52. The molecule has 1 aliphatic heterocycles. The van der Waals surface area contributed by atoms with Gasteiger partial charge in [0, 0.05) is 7.11 Å². The molecule has 4 nitrogen and oxygen atoms in total. The van der Waals surface area contributed by atoms with E-state index < -0.39 is 17.7 Å². The second kappa shape index (κ2) is 4.74. The minimum Gasteiger partial charge on any atom is -0.479 e. The van der Waals surface area contributed by atoms with Crippen LogP contribution >= 0.6 is 0 Å². The lowest BCUT2D eigenvalue weighted by Crippen LogP contribution is -2.51. The molecule has 0 unspecified atom stereocenters. The van der Waals surface area contributed by atoms with Crippen molar-refractivity contribution >= 4 is 5.78 Å². The van der Waals surface area contributed by atoms with Gasteiger partial charge in [0.1, 0.15) is 5.75 Å². The second-order valence-electron chi connectivity index (χ2n) is 4.63. The number of para-hydroxylation sites is 1. The number of hydrogen-bond donors (Lipinski definition) is 1. The van der Waals surface area contributed by atoms with Gasteiger partial charge in [0.05, 0.1) is 5.56 Å². The van der Waals surface area contributed by atoms with Crippen LogP contribution in [0.3, 0.4) is 0 Å². The Balaban J connectivity index is 2.14. The molecule has 1 aliphatic rings. The Bertz CT molecular complexity index is 638. The first kappa shape index (κ1) is 12.8. The molecule has 2 aromatic carbocycles. The summed E-state index contributed by atoms with van der Waals surface area (Å²) in [6, 6.07) is 15.9. The van der Waals surface area contributed by atoms with E-state index in [1.54, 1.807) is 36.4 Å². The Kier molecular flexibility index (Phi) is 3.04. The summed E-state index contributed by atoms with van der Waals surface area (Å²) in [6.07, 6.45) is -0.892. The summed E-state index contributed by atoms with van der Waals surface area (Å²) in [5, 5.41) is 10.6. The highest BCUT2D eigenvalue weighted by molar-refractivity contribution is 6.05. The number of benzene rings is 2. The molecule has 0 radical (unpaired) electrons. The fraction of sp³-hybridized carbons (Fsp3) is 0.188. The van der Waals surface area contributed by atoms with E-state index >= 15 is 0 Å². The quantitative estimate of drug-likeness (QED) is 0.851. The van der Waals surface area contributed by atoms with E-state index in [1.165, 1.54) is 7.11 Å². The first-order chi connectivity index (χ1) is 9.66. The maximum Gasteiger partial charge on any atom is 0.273 e. The van der Waals surface area contributed by atoms with E-state index in [0.29, 0.717) is 16.9 Å². The summed E-state index contributed by atoms with van der Waals surface area (Å²) in [5.41, 5.74) is 1.00. The third-order valence-electron chi connectivity index (χ3n) is 3.47.